The highest BCUT2D eigenvalue weighted by atomic mass is 16.1. The van der Waals surface area contributed by atoms with Gasteiger partial charge in [-0.3, -0.25) is 4.79 Å². The molecule has 0 aromatic heterocycles. The van der Waals surface area contributed by atoms with E-state index in [-0.39, 0.29) is 18.7 Å². The molecule has 1 rings (SSSR count). The van der Waals surface area contributed by atoms with E-state index in [2.05, 4.69) is 6.92 Å². The standard InChI is InChI=1S/C9H17NO.H2O.H2/c1-2-7-3-5-8(6-4-7)9(10)11;;/h7-8H,2-6H2,1H3,(H2,10,11);1H2;1H. The number of hydrogen-bond donors (Lipinski definition) is 1. The second kappa shape index (κ2) is 5.14. The van der Waals surface area contributed by atoms with E-state index in [0.29, 0.717) is 0 Å². The number of amides is 1. The third-order valence-electron chi connectivity index (χ3n) is 2.83. The summed E-state index contributed by atoms with van der Waals surface area (Å²) in [6, 6.07) is 0. The van der Waals surface area contributed by atoms with Gasteiger partial charge in [0, 0.05) is 7.34 Å². The number of primary amides is 1. The number of hydrogen-bond acceptors (Lipinski definition) is 1. The molecule has 3 nitrogen and oxygen atoms in total. The lowest BCUT2D eigenvalue weighted by atomic mass is 9.81. The average molecular weight is 175 g/mol. The van der Waals surface area contributed by atoms with Crippen molar-refractivity contribution in [2.24, 2.45) is 17.6 Å². The fourth-order valence-corrected chi connectivity index (χ4v) is 1.86. The van der Waals surface area contributed by atoms with Crippen LogP contribution >= 0.6 is 0 Å². The Kier molecular flexibility index (Phi) is 4.90. The minimum Gasteiger partial charge on any atom is -0.412 e. The Hall–Kier alpha value is -0.570. The van der Waals surface area contributed by atoms with Gasteiger partial charge in [0.25, 0.3) is 0 Å². The van der Waals surface area contributed by atoms with Crippen LogP contribution < -0.4 is 5.73 Å². The molecule has 0 unspecified atom stereocenters. The largest absolute Gasteiger partial charge is 0.412 e. The van der Waals surface area contributed by atoms with Gasteiger partial charge in [0.1, 0.15) is 0 Å². The molecule has 0 spiro atoms. The third-order valence-corrected chi connectivity index (χ3v) is 2.83. The summed E-state index contributed by atoms with van der Waals surface area (Å²) in [6.45, 7) is 2.22. The van der Waals surface area contributed by atoms with Gasteiger partial charge in [-0.25, -0.2) is 0 Å². The Morgan fingerprint density at radius 3 is 2.25 bits per heavy atom. The van der Waals surface area contributed by atoms with Gasteiger partial charge in [-0.1, -0.05) is 13.3 Å². The van der Waals surface area contributed by atoms with Crippen molar-refractivity contribution in [1.29, 1.82) is 0 Å². The van der Waals surface area contributed by atoms with E-state index in [1.165, 1.54) is 19.3 Å². The van der Waals surface area contributed by atoms with Gasteiger partial charge in [-0.2, -0.15) is 0 Å². The lowest BCUT2D eigenvalue weighted by molar-refractivity contribution is -0.122. The third kappa shape index (κ3) is 2.81. The number of carbonyl (C=O) groups excluding carboxylic acids is 1. The van der Waals surface area contributed by atoms with Crippen LogP contribution in [0.4, 0.5) is 0 Å². The Morgan fingerprint density at radius 2 is 1.92 bits per heavy atom. The second-order valence-electron chi connectivity index (χ2n) is 3.53. The molecule has 0 aliphatic heterocycles. The first-order chi connectivity index (χ1) is 5.24. The smallest absolute Gasteiger partial charge is 0.220 e. The zero-order chi connectivity index (χ0) is 8.27. The van der Waals surface area contributed by atoms with Gasteiger partial charge in [-0.05, 0) is 31.6 Å². The van der Waals surface area contributed by atoms with Crippen molar-refractivity contribution in [2.75, 3.05) is 0 Å². The van der Waals surface area contributed by atoms with Crippen LogP contribution in [-0.2, 0) is 4.79 Å². The van der Waals surface area contributed by atoms with Gasteiger partial charge in [-0.15, -0.1) is 0 Å². The van der Waals surface area contributed by atoms with Gasteiger partial charge < -0.3 is 11.2 Å². The minimum atomic E-state index is -0.0976. The van der Waals surface area contributed by atoms with E-state index in [1.54, 1.807) is 0 Å². The summed E-state index contributed by atoms with van der Waals surface area (Å²) in [6.07, 6.45) is 5.70. The number of rotatable bonds is 2. The van der Waals surface area contributed by atoms with Crippen molar-refractivity contribution in [3.05, 3.63) is 0 Å². The lowest BCUT2D eigenvalue weighted by Crippen LogP contribution is -2.27. The van der Waals surface area contributed by atoms with Gasteiger partial charge in [0.2, 0.25) is 5.91 Å². The molecule has 0 bridgehead atoms. The average Bonchev–Trinajstić information content (AvgIpc) is 2.05. The zero-order valence-electron chi connectivity index (χ0n) is 7.68. The van der Waals surface area contributed by atoms with Crippen molar-refractivity contribution in [3.8, 4) is 0 Å². The summed E-state index contributed by atoms with van der Waals surface area (Å²) < 4.78 is 0. The fourth-order valence-electron chi connectivity index (χ4n) is 1.86. The van der Waals surface area contributed by atoms with Gasteiger partial charge >= 0.3 is 0 Å². The fraction of sp³-hybridized carbons (Fsp3) is 0.889. The highest BCUT2D eigenvalue weighted by Crippen LogP contribution is 2.30. The summed E-state index contributed by atoms with van der Waals surface area (Å²) in [4.78, 5) is 10.8. The molecular weight excluding hydrogens is 154 g/mol. The van der Waals surface area contributed by atoms with E-state index in [4.69, 9.17) is 5.73 Å². The van der Waals surface area contributed by atoms with Gasteiger partial charge in [0.05, 0.1) is 0 Å². The van der Waals surface area contributed by atoms with Crippen LogP contribution in [0, 0.1) is 11.8 Å². The molecule has 1 aliphatic carbocycles. The normalized spacial score (nSPS) is 29.1. The first kappa shape index (κ1) is 11.4. The lowest BCUT2D eigenvalue weighted by Gasteiger charge is -2.25. The number of nitrogens with two attached hydrogens (primary N) is 1. The molecule has 0 radical (unpaired) electrons. The van der Waals surface area contributed by atoms with Crippen LogP contribution in [0.25, 0.3) is 0 Å². The molecule has 12 heavy (non-hydrogen) atoms. The molecule has 0 atom stereocenters. The van der Waals surface area contributed by atoms with E-state index in [1.807, 2.05) is 0 Å². The summed E-state index contributed by atoms with van der Waals surface area (Å²) in [5.41, 5.74) is 5.22. The SMILES string of the molecule is CCC1CCC(C(N)=O)CC1.O.[HH]. The summed E-state index contributed by atoms with van der Waals surface area (Å²) in [5, 5.41) is 0. The monoisotopic (exact) mass is 175 g/mol. The zero-order valence-corrected chi connectivity index (χ0v) is 7.68. The Labute approximate surface area is 75.1 Å². The Bertz CT molecular complexity index is 145. The predicted molar refractivity (Wildman–Crippen MR) is 50.7 cm³/mol. The van der Waals surface area contributed by atoms with Crippen LogP contribution in [0.2, 0.25) is 0 Å². The van der Waals surface area contributed by atoms with Crippen LogP contribution in [0.5, 0.6) is 0 Å². The highest BCUT2D eigenvalue weighted by molar-refractivity contribution is 5.76. The first-order valence-corrected chi connectivity index (χ1v) is 4.53. The van der Waals surface area contributed by atoms with E-state index in [9.17, 15) is 4.79 Å². The predicted octanol–water partition coefficient (Wildman–Crippen LogP) is 1.11. The van der Waals surface area contributed by atoms with Crippen molar-refractivity contribution in [3.63, 3.8) is 0 Å². The molecule has 1 aliphatic rings. The maximum atomic E-state index is 10.8. The Balaban J connectivity index is 0. The van der Waals surface area contributed by atoms with Crippen molar-refractivity contribution < 1.29 is 11.7 Å². The molecular formula is C9H21NO2. The molecule has 0 aromatic carbocycles. The molecule has 3 heteroatoms. The molecule has 1 amide bonds. The van der Waals surface area contributed by atoms with Crippen molar-refractivity contribution in [2.45, 2.75) is 39.0 Å². The first-order valence-electron chi connectivity index (χ1n) is 4.53. The molecule has 0 saturated heterocycles. The maximum Gasteiger partial charge on any atom is 0.220 e. The maximum absolute atomic E-state index is 10.8. The number of carbonyl (C=O) groups is 1. The van der Waals surface area contributed by atoms with Crippen LogP contribution in [0.15, 0.2) is 0 Å². The van der Waals surface area contributed by atoms with Crippen LogP contribution in [0.3, 0.4) is 0 Å². The molecule has 1 fully saturated rings. The molecule has 74 valence electrons. The highest BCUT2D eigenvalue weighted by Gasteiger charge is 2.23. The van der Waals surface area contributed by atoms with E-state index < -0.39 is 0 Å². The minimum absolute atomic E-state index is 0. The summed E-state index contributed by atoms with van der Waals surface area (Å²) >= 11 is 0. The van der Waals surface area contributed by atoms with Crippen molar-refractivity contribution in [1.82, 2.24) is 0 Å². The molecule has 0 aromatic rings. The van der Waals surface area contributed by atoms with Gasteiger partial charge in [0.15, 0.2) is 0 Å². The van der Waals surface area contributed by atoms with E-state index in [0.717, 1.165) is 18.8 Å². The molecule has 0 heterocycles. The second-order valence-corrected chi connectivity index (χ2v) is 3.53. The quantitative estimate of drug-likeness (QED) is 0.670. The summed E-state index contributed by atoms with van der Waals surface area (Å²) in [7, 11) is 0. The van der Waals surface area contributed by atoms with Crippen LogP contribution in [-0.4, -0.2) is 11.4 Å². The van der Waals surface area contributed by atoms with Crippen LogP contribution in [0.1, 0.15) is 40.5 Å². The summed E-state index contributed by atoms with van der Waals surface area (Å²) in [5.74, 6) is 0.933. The molecule has 4 N–H and O–H groups in total. The van der Waals surface area contributed by atoms with Crippen molar-refractivity contribution >= 4 is 5.91 Å². The topological polar surface area (TPSA) is 74.6 Å². The van der Waals surface area contributed by atoms with E-state index >= 15 is 0 Å². The molecule has 1 saturated carbocycles. The Morgan fingerprint density at radius 1 is 1.42 bits per heavy atom.